The number of carbonyl (C=O) groups is 3. The number of carboxylic acids is 1. The molecule has 1 aromatic heterocycles. The van der Waals surface area contributed by atoms with E-state index in [-0.39, 0.29) is 23.3 Å². The molecule has 25 heavy (non-hydrogen) atoms. The molecule has 1 aliphatic carbocycles. The summed E-state index contributed by atoms with van der Waals surface area (Å²) >= 11 is 1.16. The summed E-state index contributed by atoms with van der Waals surface area (Å²) in [6, 6.07) is 1.60. The lowest BCUT2D eigenvalue weighted by Gasteiger charge is -2.39. The highest BCUT2D eigenvalue weighted by Crippen LogP contribution is 2.33. The third-order valence-corrected chi connectivity index (χ3v) is 5.23. The molecule has 0 aliphatic heterocycles. The van der Waals surface area contributed by atoms with E-state index in [0.29, 0.717) is 24.4 Å². The molecule has 0 radical (unpaired) electrons. The van der Waals surface area contributed by atoms with Gasteiger partial charge in [0.15, 0.2) is 5.82 Å². The Morgan fingerprint density at radius 1 is 1.36 bits per heavy atom. The number of aryl methyl sites for hydroxylation is 1. The van der Waals surface area contributed by atoms with Crippen LogP contribution in [0.1, 0.15) is 38.4 Å². The summed E-state index contributed by atoms with van der Waals surface area (Å²) in [5.74, 6) is -0.871. The molecule has 2 atom stereocenters. The second kappa shape index (κ2) is 8.37. The average molecular weight is 369 g/mol. The first kappa shape index (κ1) is 19.3. The van der Waals surface area contributed by atoms with E-state index in [4.69, 9.17) is 4.52 Å². The highest BCUT2D eigenvalue weighted by Gasteiger charge is 2.42. The van der Waals surface area contributed by atoms with E-state index >= 15 is 0 Å². The molecule has 0 bridgehead atoms. The maximum atomic E-state index is 12.1. The van der Waals surface area contributed by atoms with Crippen LogP contribution in [0.4, 0.5) is 5.82 Å². The Kier molecular flexibility index (Phi) is 6.46. The van der Waals surface area contributed by atoms with Crippen molar-refractivity contribution in [2.75, 3.05) is 16.8 Å². The Morgan fingerprint density at radius 3 is 2.72 bits per heavy atom. The van der Waals surface area contributed by atoms with Crippen molar-refractivity contribution in [3.05, 3.63) is 11.8 Å². The highest BCUT2D eigenvalue weighted by molar-refractivity contribution is 8.00. The topological polar surface area (TPSA) is 122 Å². The summed E-state index contributed by atoms with van der Waals surface area (Å²) in [7, 11) is 0. The van der Waals surface area contributed by atoms with Gasteiger partial charge in [0, 0.05) is 6.07 Å². The van der Waals surface area contributed by atoms with Gasteiger partial charge in [-0.15, -0.1) is 11.8 Å². The number of aliphatic carboxylic acids is 1. The molecule has 1 aliphatic rings. The first-order valence-electron chi connectivity index (χ1n) is 8.15. The van der Waals surface area contributed by atoms with Crippen molar-refractivity contribution in [2.45, 2.75) is 45.1 Å². The van der Waals surface area contributed by atoms with E-state index in [9.17, 15) is 19.5 Å². The second-order valence-electron chi connectivity index (χ2n) is 6.47. The summed E-state index contributed by atoms with van der Waals surface area (Å²) in [6.45, 7) is 3.51. The van der Waals surface area contributed by atoms with Crippen molar-refractivity contribution < 1.29 is 24.0 Å². The third-order valence-electron chi connectivity index (χ3n) is 4.29. The first-order chi connectivity index (χ1) is 11.8. The van der Waals surface area contributed by atoms with Crippen LogP contribution in [-0.4, -0.2) is 45.1 Å². The number of rotatable bonds is 7. The van der Waals surface area contributed by atoms with Gasteiger partial charge in [0.1, 0.15) is 5.76 Å². The van der Waals surface area contributed by atoms with Crippen LogP contribution < -0.4 is 10.6 Å². The van der Waals surface area contributed by atoms with E-state index in [1.54, 1.807) is 19.9 Å². The summed E-state index contributed by atoms with van der Waals surface area (Å²) in [5, 5.41) is 18.4. The van der Waals surface area contributed by atoms with E-state index < -0.39 is 17.4 Å². The molecule has 1 saturated carbocycles. The van der Waals surface area contributed by atoms with Crippen LogP contribution in [0.3, 0.4) is 0 Å². The first-order valence-corrected chi connectivity index (χ1v) is 9.30. The Morgan fingerprint density at radius 2 is 2.08 bits per heavy atom. The molecule has 1 heterocycles. The quantitative estimate of drug-likeness (QED) is 0.670. The maximum Gasteiger partial charge on any atom is 0.308 e. The molecule has 1 aromatic rings. The number of anilines is 1. The molecule has 0 aromatic carbocycles. The molecule has 2 amide bonds. The van der Waals surface area contributed by atoms with Crippen LogP contribution >= 0.6 is 11.8 Å². The molecular weight excluding hydrogens is 346 g/mol. The number of thioether (sulfide) groups is 1. The molecule has 0 saturated heterocycles. The Labute approximate surface area is 150 Å². The lowest BCUT2D eigenvalue weighted by Crippen LogP contribution is -2.55. The fourth-order valence-electron chi connectivity index (χ4n) is 3.07. The van der Waals surface area contributed by atoms with Crippen LogP contribution in [0.5, 0.6) is 0 Å². The zero-order valence-electron chi connectivity index (χ0n) is 14.3. The predicted octanol–water partition coefficient (Wildman–Crippen LogP) is 1.80. The largest absolute Gasteiger partial charge is 0.481 e. The Hall–Kier alpha value is -2.03. The van der Waals surface area contributed by atoms with Crippen molar-refractivity contribution in [1.82, 2.24) is 10.5 Å². The summed E-state index contributed by atoms with van der Waals surface area (Å²) < 4.78 is 4.85. The lowest BCUT2D eigenvalue weighted by molar-refractivity contribution is -0.146. The molecule has 0 spiro atoms. The molecule has 3 N–H and O–H groups in total. The van der Waals surface area contributed by atoms with Gasteiger partial charge in [-0.3, -0.25) is 14.4 Å². The fraction of sp³-hybridized carbons (Fsp3) is 0.625. The van der Waals surface area contributed by atoms with Crippen LogP contribution in [0.25, 0.3) is 0 Å². The van der Waals surface area contributed by atoms with Gasteiger partial charge in [0.2, 0.25) is 11.8 Å². The Balaban J connectivity index is 1.76. The van der Waals surface area contributed by atoms with E-state index in [1.807, 2.05) is 0 Å². The minimum absolute atomic E-state index is 0.0905. The number of nitrogens with zero attached hydrogens (tertiary/aromatic N) is 1. The smallest absolute Gasteiger partial charge is 0.308 e. The molecule has 1 fully saturated rings. The highest BCUT2D eigenvalue weighted by atomic mass is 32.2. The monoisotopic (exact) mass is 369 g/mol. The SMILES string of the molecule is Cc1cc(NC(=O)CSCC(=O)NC2(C)CCCCC2C(=O)O)no1. The van der Waals surface area contributed by atoms with Crippen molar-refractivity contribution in [2.24, 2.45) is 5.92 Å². The number of carbonyl (C=O) groups excluding carboxylic acids is 2. The van der Waals surface area contributed by atoms with Crippen LogP contribution in [0.15, 0.2) is 10.6 Å². The number of hydrogen-bond acceptors (Lipinski definition) is 6. The van der Waals surface area contributed by atoms with Gasteiger partial charge in [0.05, 0.1) is 23.0 Å². The minimum Gasteiger partial charge on any atom is -0.481 e. The average Bonchev–Trinajstić information content (AvgIpc) is 2.91. The van der Waals surface area contributed by atoms with E-state index in [1.165, 1.54) is 0 Å². The molecule has 8 nitrogen and oxygen atoms in total. The molecule has 9 heteroatoms. The van der Waals surface area contributed by atoms with E-state index in [0.717, 1.165) is 24.6 Å². The van der Waals surface area contributed by atoms with Crippen molar-refractivity contribution in [3.63, 3.8) is 0 Å². The molecule has 2 unspecified atom stereocenters. The second-order valence-corrected chi connectivity index (χ2v) is 7.45. The van der Waals surface area contributed by atoms with Crippen LogP contribution in [-0.2, 0) is 14.4 Å². The van der Waals surface area contributed by atoms with Gasteiger partial charge in [-0.05, 0) is 26.7 Å². The molecule has 138 valence electrons. The lowest BCUT2D eigenvalue weighted by atomic mass is 9.74. The summed E-state index contributed by atoms with van der Waals surface area (Å²) in [5.41, 5.74) is -0.734. The van der Waals surface area contributed by atoms with Gasteiger partial charge in [-0.2, -0.15) is 0 Å². The zero-order chi connectivity index (χ0) is 18.4. The molecular formula is C16H23N3O5S. The van der Waals surface area contributed by atoms with Crippen LogP contribution in [0.2, 0.25) is 0 Å². The van der Waals surface area contributed by atoms with Gasteiger partial charge in [-0.1, -0.05) is 18.0 Å². The number of hydrogen-bond donors (Lipinski definition) is 3. The van der Waals surface area contributed by atoms with Crippen LogP contribution in [0, 0.1) is 12.8 Å². The molecule has 2 rings (SSSR count). The predicted molar refractivity (Wildman–Crippen MR) is 93.3 cm³/mol. The number of nitrogens with one attached hydrogen (secondary N) is 2. The summed E-state index contributed by atoms with van der Waals surface area (Å²) in [6.07, 6.45) is 2.97. The van der Waals surface area contributed by atoms with Crippen molar-refractivity contribution >= 4 is 35.4 Å². The fourth-order valence-corrected chi connectivity index (χ4v) is 3.69. The maximum absolute atomic E-state index is 12.1. The summed E-state index contributed by atoms with van der Waals surface area (Å²) in [4.78, 5) is 35.3. The number of aromatic nitrogens is 1. The Bertz CT molecular complexity index is 647. The number of carboxylic acid groups (broad SMARTS) is 1. The number of amides is 2. The minimum atomic E-state index is -0.877. The van der Waals surface area contributed by atoms with Gasteiger partial charge < -0.3 is 20.3 Å². The zero-order valence-corrected chi connectivity index (χ0v) is 15.1. The van der Waals surface area contributed by atoms with Crippen molar-refractivity contribution in [1.29, 1.82) is 0 Å². The van der Waals surface area contributed by atoms with E-state index in [2.05, 4.69) is 15.8 Å². The van der Waals surface area contributed by atoms with Gasteiger partial charge in [0.25, 0.3) is 0 Å². The third kappa shape index (κ3) is 5.48. The van der Waals surface area contributed by atoms with Gasteiger partial charge >= 0.3 is 5.97 Å². The normalized spacial score (nSPS) is 23.0. The van der Waals surface area contributed by atoms with Gasteiger partial charge in [-0.25, -0.2) is 0 Å². The standard InChI is InChI=1S/C16H23N3O5S/c1-10-7-12(19-24-10)17-13(20)8-25-9-14(21)18-16(2)6-4-3-5-11(16)15(22)23/h7,11H,3-6,8-9H2,1-2H3,(H,18,21)(H,22,23)(H,17,19,20). The van der Waals surface area contributed by atoms with Crippen molar-refractivity contribution in [3.8, 4) is 0 Å².